The van der Waals surface area contributed by atoms with E-state index in [2.05, 4.69) is 20.3 Å². The van der Waals surface area contributed by atoms with Crippen molar-refractivity contribution in [3.05, 3.63) is 40.7 Å². The van der Waals surface area contributed by atoms with Crippen molar-refractivity contribution in [1.29, 1.82) is 0 Å². The van der Waals surface area contributed by atoms with Crippen molar-refractivity contribution in [2.45, 2.75) is 38.0 Å². The van der Waals surface area contributed by atoms with Gasteiger partial charge in [0.15, 0.2) is 29.1 Å². The molecule has 0 bridgehead atoms. The first-order valence-electron chi connectivity index (χ1n) is 10.8. The van der Waals surface area contributed by atoms with E-state index in [1.54, 1.807) is 11.9 Å². The number of fused-ring (bicyclic) bond motifs is 1. The molecule has 2 aromatic heterocycles. The minimum absolute atomic E-state index is 0.0956. The SMILES string of the molecule is Cc1cccc(CN(C)c2nc(Cl)nc3c2nnn3[C@@H]2O[C@H](COP(=O)(O)CP(=O)(O)O)[C@@H](O)[C@H]2O)c1. The van der Waals surface area contributed by atoms with E-state index in [9.17, 15) is 24.2 Å². The molecule has 1 fully saturated rings. The fraction of sp³-hybridized carbons (Fsp3) is 0.474. The van der Waals surface area contributed by atoms with E-state index in [4.69, 9.17) is 30.6 Å². The highest BCUT2D eigenvalue weighted by atomic mass is 35.5. The number of rotatable bonds is 9. The third-order valence-corrected chi connectivity index (χ3v) is 9.15. The Bertz CT molecular complexity index is 1390. The number of aromatic nitrogens is 5. The quantitative estimate of drug-likeness (QED) is 0.175. The molecule has 0 saturated carbocycles. The minimum Gasteiger partial charge on any atom is -0.387 e. The highest BCUT2D eigenvalue weighted by Gasteiger charge is 2.46. The van der Waals surface area contributed by atoms with Gasteiger partial charge in [-0.15, -0.1) is 5.10 Å². The summed E-state index contributed by atoms with van der Waals surface area (Å²) in [6.45, 7) is 1.70. The average molecular weight is 579 g/mol. The number of nitrogens with zero attached hydrogens (tertiary/aromatic N) is 6. The molecule has 1 aliphatic rings. The lowest BCUT2D eigenvalue weighted by molar-refractivity contribution is -0.0549. The third-order valence-electron chi connectivity index (χ3n) is 5.52. The van der Waals surface area contributed by atoms with Crippen molar-refractivity contribution in [3.8, 4) is 0 Å². The first-order valence-corrected chi connectivity index (χ1v) is 14.8. The normalized spacial score (nSPS) is 23.9. The Morgan fingerprint density at radius 3 is 2.59 bits per heavy atom. The number of halogens is 1. The summed E-state index contributed by atoms with van der Waals surface area (Å²) >= 11 is 6.17. The molecule has 5 atom stereocenters. The van der Waals surface area contributed by atoms with Crippen LogP contribution in [0, 0.1) is 6.92 Å². The number of hydrogen-bond acceptors (Lipinski definition) is 11. The van der Waals surface area contributed by atoms with Crippen molar-refractivity contribution in [3.63, 3.8) is 0 Å². The number of anilines is 1. The molecule has 0 spiro atoms. The van der Waals surface area contributed by atoms with Gasteiger partial charge in [-0.25, -0.2) is 0 Å². The summed E-state index contributed by atoms with van der Waals surface area (Å²) < 4.78 is 34.4. The van der Waals surface area contributed by atoms with Crippen LogP contribution in [0.5, 0.6) is 0 Å². The van der Waals surface area contributed by atoms with E-state index < -0.39 is 52.2 Å². The third kappa shape index (κ3) is 6.52. The fourth-order valence-electron chi connectivity index (χ4n) is 3.92. The fourth-order valence-corrected chi connectivity index (χ4v) is 6.65. The van der Waals surface area contributed by atoms with Gasteiger partial charge in [-0.3, -0.25) is 9.13 Å². The maximum absolute atomic E-state index is 11.9. The maximum atomic E-state index is 11.9. The monoisotopic (exact) mass is 578 g/mol. The van der Waals surface area contributed by atoms with E-state index in [1.165, 1.54) is 0 Å². The summed E-state index contributed by atoms with van der Waals surface area (Å²) in [7, 11) is -7.76. The molecule has 0 aliphatic carbocycles. The van der Waals surface area contributed by atoms with Crippen LogP contribution in [0.25, 0.3) is 11.2 Å². The lowest BCUT2D eigenvalue weighted by atomic mass is 10.1. The Labute approximate surface area is 215 Å². The van der Waals surface area contributed by atoms with Crippen LogP contribution in [0.4, 0.5) is 5.82 Å². The number of ether oxygens (including phenoxy) is 1. The Morgan fingerprint density at radius 1 is 1.19 bits per heavy atom. The molecule has 0 radical (unpaired) electrons. The molecule has 15 nitrogen and oxygen atoms in total. The Kier molecular flexibility index (Phi) is 8.03. The highest BCUT2D eigenvalue weighted by Crippen LogP contribution is 2.55. The minimum atomic E-state index is -4.84. The van der Waals surface area contributed by atoms with E-state index in [0.29, 0.717) is 12.4 Å². The molecule has 1 aromatic carbocycles. The van der Waals surface area contributed by atoms with Gasteiger partial charge in [0, 0.05) is 13.6 Å². The van der Waals surface area contributed by atoms with E-state index in [-0.39, 0.29) is 16.4 Å². The molecular weight excluding hydrogens is 554 g/mol. The Hall–Kier alpha value is -2.03. The first kappa shape index (κ1) is 28.0. The lowest BCUT2D eigenvalue weighted by Gasteiger charge is -2.19. The van der Waals surface area contributed by atoms with E-state index >= 15 is 0 Å². The predicted octanol–water partition coefficient (Wildman–Crippen LogP) is 0.776. The summed E-state index contributed by atoms with van der Waals surface area (Å²) in [6, 6.07) is 7.89. The molecule has 4 rings (SSSR count). The molecule has 18 heteroatoms. The molecule has 0 amide bonds. The smallest absolute Gasteiger partial charge is 0.340 e. The van der Waals surface area contributed by atoms with Gasteiger partial charge >= 0.3 is 15.2 Å². The zero-order valence-electron chi connectivity index (χ0n) is 19.6. The van der Waals surface area contributed by atoms with Crippen LogP contribution in [0.15, 0.2) is 24.3 Å². The van der Waals surface area contributed by atoms with Gasteiger partial charge in [0.25, 0.3) is 0 Å². The van der Waals surface area contributed by atoms with Gasteiger partial charge in [0.1, 0.15) is 18.3 Å². The van der Waals surface area contributed by atoms with Gasteiger partial charge in [-0.1, -0.05) is 35.0 Å². The van der Waals surface area contributed by atoms with Gasteiger partial charge in [-0.05, 0) is 24.1 Å². The van der Waals surface area contributed by atoms with Crippen molar-refractivity contribution >= 4 is 43.8 Å². The van der Waals surface area contributed by atoms with Crippen LogP contribution >= 0.6 is 26.8 Å². The van der Waals surface area contributed by atoms with Gasteiger partial charge in [0.05, 0.1) is 6.61 Å². The Morgan fingerprint density at radius 2 is 1.92 bits per heavy atom. The number of aliphatic hydroxyl groups is 2. The van der Waals surface area contributed by atoms with E-state index in [1.807, 2.05) is 31.2 Å². The summed E-state index contributed by atoms with van der Waals surface area (Å²) in [4.78, 5) is 37.7. The number of aliphatic hydroxyl groups excluding tert-OH is 2. The Balaban J connectivity index is 1.56. The highest BCUT2D eigenvalue weighted by molar-refractivity contribution is 7.70. The molecule has 37 heavy (non-hydrogen) atoms. The molecule has 5 N–H and O–H groups in total. The lowest BCUT2D eigenvalue weighted by Crippen LogP contribution is -2.33. The molecule has 1 aliphatic heterocycles. The number of aryl methyl sites for hydroxylation is 1. The molecule has 3 aromatic rings. The van der Waals surface area contributed by atoms with Gasteiger partial charge in [0.2, 0.25) is 5.28 Å². The topological polar surface area (TPSA) is 213 Å². The van der Waals surface area contributed by atoms with Crippen LogP contribution in [-0.2, 0) is 24.9 Å². The molecule has 3 heterocycles. The maximum Gasteiger partial charge on any atom is 0.340 e. The summed E-state index contributed by atoms with van der Waals surface area (Å²) in [5, 5.41) is 29.0. The first-order chi connectivity index (χ1) is 17.2. The standard InChI is InChI=1S/C19H25ClN6O9P2/c1-10-4-3-5-11(6-10)7-25(2)16-13-17(22-19(20)21-16)26(24-23-13)18-15(28)14(27)12(35-18)8-34-37(32,33)9-36(29,30)31/h3-6,12,14-15,18,27-28H,7-9H2,1-2H3,(H,32,33)(H2,29,30,31)/t12-,14-,15-,18-/m1/s1. The van der Waals surface area contributed by atoms with Crippen LogP contribution in [-0.4, -0.2) is 87.7 Å². The largest absolute Gasteiger partial charge is 0.387 e. The van der Waals surface area contributed by atoms with Crippen molar-refractivity contribution < 1.29 is 43.3 Å². The summed E-state index contributed by atoms with van der Waals surface area (Å²) in [5.74, 6) is -1.05. The second kappa shape index (κ2) is 10.6. The molecule has 1 unspecified atom stereocenters. The molecular formula is C19H25ClN6O9P2. The summed E-state index contributed by atoms with van der Waals surface area (Å²) in [6.07, 6.45) is -5.85. The van der Waals surface area contributed by atoms with E-state index in [0.717, 1.165) is 15.8 Å². The average Bonchev–Trinajstić information content (AvgIpc) is 3.31. The molecule has 202 valence electrons. The zero-order chi connectivity index (χ0) is 27.1. The van der Waals surface area contributed by atoms with Gasteiger partial charge in [-0.2, -0.15) is 14.6 Å². The van der Waals surface area contributed by atoms with Crippen molar-refractivity contribution in [2.24, 2.45) is 0 Å². The van der Waals surface area contributed by atoms with Gasteiger partial charge < -0.3 is 39.1 Å². The van der Waals surface area contributed by atoms with Crippen LogP contribution in [0.1, 0.15) is 17.4 Å². The predicted molar refractivity (Wildman–Crippen MR) is 130 cm³/mol. The van der Waals surface area contributed by atoms with Crippen molar-refractivity contribution in [1.82, 2.24) is 25.0 Å². The number of benzene rings is 1. The zero-order valence-corrected chi connectivity index (χ0v) is 22.1. The van der Waals surface area contributed by atoms with Crippen LogP contribution in [0.2, 0.25) is 5.28 Å². The number of hydrogen-bond donors (Lipinski definition) is 5. The summed E-state index contributed by atoms with van der Waals surface area (Å²) in [5.41, 5.74) is 2.44. The van der Waals surface area contributed by atoms with Crippen molar-refractivity contribution in [2.75, 3.05) is 24.5 Å². The second-order valence-corrected chi connectivity index (χ2v) is 13.0. The van der Waals surface area contributed by atoms with Crippen LogP contribution < -0.4 is 4.90 Å². The van der Waals surface area contributed by atoms with Crippen LogP contribution in [0.3, 0.4) is 0 Å². The second-order valence-electron chi connectivity index (χ2n) is 8.65. The molecule has 1 saturated heterocycles.